The monoisotopic (exact) mass is 305 g/mol. The van der Waals surface area contributed by atoms with Crippen molar-refractivity contribution in [2.75, 3.05) is 13.7 Å². The van der Waals surface area contributed by atoms with Crippen molar-refractivity contribution in [1.29, 1.82) is 0 Å². The van der Waals surface area contributed by atoms with Gasteiger partial charge in [-0.1, -0.05) is 18.2 Å². The Kier molecular flexibility index (Phi) is 5.44. The Hall–Kier alpha value is -0.130. The van der Waals surface area contributed by atoms with Gasteiger partial charge in [-0.2, -0.15) is 0 Å². The van der Waals surface area contributed by atoms with Crippen LogP contribution in [0.3, 0.4) is 0 Å². The molecule has 14 heavy (non-hydrogen) atoms. The Labute approximate surface area is 99.0 Å². The molecule has 3 heteroatoms. The molecule has 78 valence electrons. The van der Waals surface area contributed by atoms with E-state index in [0.29, 0.717) is 0 Å². The van der Waals surface area contributed by atoms with E-state index in [2.05, 4.69) is 34.7 Å². The first-order valence-corrected chi connectivity index (χ1v) is 5.82. The number of nitrogens with two attached hydrogens (primary N) is 1. The lowest BCUT2D eigenvalue weighted by Gasteiger charge is -2.13. The Balaban J connectivity index is 2.51. The van der Waals surface area contributed by atoms with Gasteiger partial charge < -0.3 is 10.5 Å². The average Bonchev–Trinajstić information content (AvgIpc) is 2.18. The summed E-state index contributed by atoms with van der Waals surface area (Å²) in [6.45, 7) is 0.789. The molecule has 1 aromatic rings. The van der Waals surface area contributed by atoms with E-state index in [1.807, 2.05) is 12.1 Å². The van der Waals surface area contributed by atoms with Crippen LogP contribution in [0.5, 0.6) is 0 Å². The van der Waals surface area contributed by atoms with Gasteiger partial charge in [-0.05, 0) is 47.1 Å². The molecule has 1 rings (SSSR count). The van der Waals surface area contributed by atoms with Gasteiger partial charge in [0.15, 0.2) is 0 Å². The van der Waals surface area contributed by atoms with Gasteiger partial charge in [-0.3, -0.25) is 0 Å². The van der Waals surface area contributed by atoms with Crippen molar-refractivity contribution in [1.82, 2.24) is 0 Å². The van der Waals surface area contributed by atoms with Gasteiger partial charge >= 0.3 is 0 Å². The van der Waals surface area contributed by atoms with Gasteiger partial charge in [0.25, 0.3) is 0 Å². The SMILES string of the molecule is COCCCC(N)c1ccccc1I. The van der Waals surface area contributed by atoms with Crippen LogP contribution in [0.15, 0.2) is 24.3 Å². The van der Waals surface area contributed by atoms with Crippen LogP contribution < -0.4 is 5.73 Å². The van der Waals surface area contributed by atoms with Crippen molar-refractivity contribution in [2.24, 2.45) is 5.73 Å². The van der Waals surface area contributed by atoms with Gasteiger partial charge in [0, 0.05) is 23.3 Å². The van der Waals surface area contributed by atoms with E-state index in [0.717, 1.165) is 19.4 Å². The highest BCUT2D eigenvalue weighted by Gasteiger charge is 2.08. The summed E-state index contributed by atoms with van der Waals surface area (Å²) in [6, 6.07) is 8.39. The van der Waals surface area contributed by atoms with Crippen LogP contribution >= 0.6 is 22.6 Å². The molecule has 0 aliphatic rings. The van der Waals surface area contributed by atoms with E-state index in [9.17, 15) is 0 Å². The first-order valence-electron chi connectivity index (χ1n) is 4.74. The van der Waals surface area contributed by atoms with Crippen molar-refractivity contribution in [2.45, 2.75) is 18.9 Å². The lowest BCUT2D eigenvalue weighted by Crippen LogP contribution is -2.12. The minimum Gasteiger partial charge on any atom is -0.385 e. The third-order valence-corrected chi connectivity index (χ3v) is 3.15. The maximum atomic E-state index is 6.08. The normalized spacial score (nSPS) is 12.8. The van der Waals surface area contributed by atoms with Gasteiger partial charge in [0.2, 0.25) is 0 Å². The summed E-state index contributed by atoms with van der Waals surface area (Å²) in [6.07, 6.45) is 2.00. The summed E-state index contributed by atoms with van der Waals surface area (Å²) in [4.78, 5) is 0. The predicted molar refractivity (Wildman–Crippen MR) is 67.2 cm³/mol. The summed E-state index contributed by atoms with van der Waals surface area (Å²) in [7, 11) is 1.72. The number of hydrogen-bond donors (Lipinski definition) is 1. The molecule has 1 aromatic carbocycles. The molecular weight excluding hydrogens is 289 g/mol. The maximum Gasteiger partial charge on any atom is 0.0462 e. The van der Waals surface area contributed by atoms with Crippen LogP contribution in [0.2, 0.25) is 0 Å². The highest BCUT2D eigenvalue weighted by molar-refractivity contribution is 14.1. The zero-order valence-electron chi connectivity index (χ0n) is 8.37. The molecule has 0 aliphatic carbocycles. The predicted octanol–water partition coefficient (Wildman–Crippen LogP) is 2.72. The molecule has 0 fully saturated rings. The van der Waals surface area contributed by atoms with E-state index < -0.39 is 0 Å². The Morgan fingerprint density at radius 3 is 2.79 bits per heavy atom. The molecule has 0 aromatic heterocycles. The Morgan fingerprint density at radius 2 is 2.14 bits per heavy atom. The molecule has 0 aliphatic heterocycles. The van der Waals surface area contributed by atoms with Crippen molar-refractivity contribution in [3.05, 3.63) is 33.4 Å². The minimum atomic E-state index is 0.137. The lowest BCUT2D eigenvalue weighted by atomic mass is 10.0. The molecule has 0 heterocycles. The number of hydrogen-bond acceptors (Lipinski definition) is 2. The zero-order chi connectivity index (χ0) is 10.4. The third-order valence-electron chi connectivity index (χ3n) is 2.17. The topological polar surface area (TPSA) is 35.2 Å². The highest BCUT2D eigenvalue weighted by atomic mass is 127. The average molecular weight is 305 g/mol. The molecule has 2 N–H and O–H groups in total. The highest BCUT2D eigenvalue weighted by Crippen LogP contribution is 2.21. The van der Waals surface area contributed by atoms with E-state index in [1.165, 1.54) is 9.13 Å². The van der Waals surface area contributed by atoms with Crippen LogP contribution in [-0.2, 0) is 4.74 Å². The molecule has 2 nitrogen and oxygen atoms in total. The van der Waals surface area contributed by atoms with Gasteiger partial charge in [0.1, 0.15) is 0 Å². The molecule has 1 atom stereocenters. The third kappa shape index (κ3) is 3.55. The van der Waals surface area contributed by atoms with Crippen molar-refractivity contribution >= 4 is 22.6 Å². The molecule has 0 saturated carbocycles. The maximum absolute atomic E-state index is 6.08. The molecule has 1 unspecified atom stereocenters. The fraction of sp³-hybridized carbons (Fsp3) is 0.455. The largest absolute Gasteiger partial charge is 0.385 e. The van der Waals surface area contributed by atoms with Crippen LogP contribution in [0.1, 0.15) is 24.4 Å². The number of benzene rings is 1. The second kappa shape index (κ2) is 6.37. The molecule has 0 bridgehead atoms. The van der Waals surface area contributed by atoms with Crippen LogP contribution in [0.4, 0.5) is 0 Å². The zero-order valence-corrected chi connectivity index (χ0v) is 10.5. The van der Waals surface area contributed by atoms with Crippen LogP contribution in [0, 0.1) is 3.57 Å². The van der Waals surface area contributed by atoms with Gasteiger partial charge in [-0.25, -0.2) is 0 Å². The summed E-state index contributed by atoms with van der Waals surface area (Å²) in [5.41, 5.74) is 7.32. The summed E-state index contributed by atoms with van der Waals surface area (Å²) in [5.74, 6) is 0. The number of ether oxygens (including phenoxy) is 1. The van der Waals surface area contributed by atoms with Gasteiger partial charge in [0.05, 0.1) is 0 Å². The smallest absolute Gasteiger partial charge is 0.0462 e. The first kappa shape index (κ1) is 11.9. The molecule has 0 radical (unpaired) electrons. The quantitative estimate of drug-likeness (QED) is 0.670. The second-order valence-electron chi connectivity index (χ2n) is 3.26. The molecule has 0 saturated heterocycles. The van der Waals surface area contributed by atoms with Crippen molar-refractivity contribution in [3.8, 4) is 0 Å². The van der Waals surface area contributed by atoms with Crippen molar-refractivity contribution in [3.63, 3.8) is 0 Å². The first-order chi connectivity index (χ1) is 6.75. The Bertz CT molecular complexity index is 278. The van der Waals surface area contributed by atoms with Crippen molar-refractivity contribution < 1.29 is 4.74 Å². The van der Waals surface area contributed by atoms with E-state index in [1.54, 1.807) is 7.11 Å². The van der Waals surface area contributed by atoms with E-state index >= 15 is 0 Å². The summed E-state index contributed by atoms with van der Waals surface area (Å²) in [5, 5.41) is 0. The van der Waals surface area contributed by atoms with Crippen LogP contribution in [-0.4, -0.2) is 13.7 Å². The summed E-state index contributed by atoms with van der Waals surface area (Å²) < 4.78 is 6.25. The number of halogens is 1. The fourth-order valence-electron chi connectivity index (χ4n) is 1.38. The molecular formula is C11H16INO. The number of methoxy groups -OCH3 is 1. The van der Waals surface area contributed by atoms with Crippen LogP contribution in [0.25, 0.3) is 0 Å². The van der Waals surface area contributed by atoms with E-state index in [-0.39, 0.29) is 6.04 Å². The second-order valence-corrected chi connectivity index (χ2v) is 4.43. The Morgan fingerprint density at radius 1 is 1.43 bits per heavy atom. The molecule has 0 amide bonds. The fourth-order valence-corrected chi connectivity index (χ4v) is 2.17. The summed E-state index contributed by atoms with van der Waals surface area (Å²) >= 11 is 2.33. The van der Waals surface area contributed by atoms with E-state index in [4.69, 9.17) is 10.5 Å². The standard InChI is InChI=1S/C11H16INO/c1-14-8-4-7-11(13)9-5-2-3-6-10(9)12/h2-3,5-6,11H,4,7-8,13H2,1H3. The number of rotatable bonds is 5. The minimum absolute atomic E-state index is 0.137. The van der Waals surface area contributed by atoms with Gasteiger partial charge in [-0.15, -0.1) is 0 Å². The molecule has 0 spiro atoms. The lowest BCUT2D eigenvalue weighted by molar-refractivity contribution is 0.190.